The van der Waals surface area contributed by atoms with E-state index in [0.717, 1.165) is 6.42 Å². The zero-order valence-corrected chi connectivity index (χ0v) is 13.2. The van der Waals surface area contributed by atoms with Gasteiger partial charge in [0.15, 0.2) is 5.96 Å². The van der Waals surface area contributed by atoms with Gasteiger partial charge in [0.1, 0.15) is 0 Å². The van der Waals surface area contributed by atoms with E-state index in [9.17, 15) is 0 Å². The van der Waals surface area contributed by atoms with Gasteiger partial charge in [0.25, 0.3) is 0 Å². The third kappa shape index (κ3) is 3.22. The van der Waals surface area contributed by atoms with Crippen LogP contribution in [-0.4, -0.2) is 41.7 Å². The Morgan fingerprint density at radius 3 is 2.32 bits per heavy atom. The van der Waals surface area contributed by atoms with Crippen molar-refractivity contribution in [3.8, 4) is 0 Å². The van der Waals surface area contributed by atoms with Crippen LogP contribution in [0.3, 0.4) is 0 Å². The summed E-state index contributed by atoms with van der Waals surface area (Å²) in [7, 11) is 2.05. The molecule has 0 bridgehead atoms. The van der Waals surface area contributed by atoms with E-state index in [1.165, 1.54) is 12.8 Å². The zero-order valence-electron chi connectivity index (χ0n) is 13.2. The number of ether oxygens (including phenoxy) is 1. The molecule has 2 rings (SSSR count). The lowest BCUT2D eigenvalue weighted by atomic mass is 9.64. The third-order valence-electron chi connectivity index (χ3n) is 4.37. The summed E-state index contributed by atoms with van der Waals surface area (Å²) in [6.07, 6.45) is 3.75. The summed E-state index contributed by atoms with van der Waals surface area (Å²) in [5.41, 5.74) is 6.08. The fraction of sp³-hybridized carbons (Fsp3) is 0.933. The van der Waals surface area contributed by atoms with E-state index in [0.29, 0.717) is 12.0 Å². The predicted molar refractivity (Wildman–Crippen MR) is 79.2 cm³/mol. The molecule has 0 radical (unpaired) electrons. The largest absolute Gasteiger partial charge is 0.372 e. The van der Waals surface area contributed by atoms with Crippen molar-refractivity contribution in [2.24, 2.45) is 16.1 Å². The highest BCUT2D eigenvalue weighted by Crippen LogP contribution is 2.46. The number of hydrogen-bond acceptors (Lipinski definition) is 2. The molecule has 0 aliphatic heterocycles. The molecule has 2 aliphatic rings. The molecule has 0 aromatic heterocycles. The quantitative estimate of drug-likeness (QED) is 0.631. The van der Waals surface area contributed by atoms with E-state index in [4.69, 9.17) is 15.5 Å². The number of guanidine groups is 1. The van der Waals surface area contributed by atoms with Gasteiger partial charge in [-0.3, -0.25) is 0 Å². The van der Waals surface area contributed by atoms with Gasteiger partial charge in [0, 0.05) is 18.5 Å². The van der Waals surface area contributed by atoms with E-state index in [-0.39, 0.29) is 23.2 Å². The number of aliphatic imine (C=N–C) groups is 1. The fourth-order valence-corrected chi connectivity index (χ4v) is 2.61. The summed E-state index contributed by atoms with van der Waals surface area (Å²) >= 11 is 0. The Labute approximate surface area is 117 Å². The van der Waals surface area contributed by atoms with Gasteiger partial charge in [-0.1, -0.05) is 13.8 Å². The molecule has 0 heterocycles. The van der Waals surface area contributed by atoms with Gasteiger partial charge in [0.05, 0.1) is 17.7 Å². The minimum absolute atomic E-state index is 0.0717. The molecule has 0 amide bonds. The van der Waals surface area contributed by atoms with E-state index < -0.39 is 0 Å². The summed E-state index contributed by atoms with van der Waals surface area (Å²) in [6.45, 7) is 10.8. The second-order valence-corrected chi connectivity index (χ2v) is 7.62. The van der Waals surface area contributed by atoms with Crippen LogP contribution in [0.2, 0.25) is 0 Å². The summed E-state index contributed by atoms with van der Waals surface area (Å²) < 4.78 is 6.10. The van der Waals surface area contributed by atoms with Crippen molar-refractivity contribution in [2.45, 2.75) is 77.7 Å². The molecule has 2 N–H and O–H groups in total. The van der Waals surface area contributed by atoms with Gasteiger partial charge in [-0.05, 0) is 40.0 Å². The molecule has 0 spiro atoms. The summed E-state index contributed by atoms with van der Waals surface area (Å²) in [6, 6.07) is 0.898. The molecule has 2 atom stereocenters. The average Bonchev–Trinajstić information content (AvgIpc) is 3.08. The van der Waals surface area contributed by atoms with Crippen LogP contribution in [0.5, 0.6) is 0 Å². The molecule has 0 saturated heterocycles. The van der Waals surface area contributed by atoms with Gasteiger partial charge in [-0.25, -0.2) is 4.99 Å². The molecule has 2 saturated carbocycles. The highest BCUT2D eigenvalue weighted by molar-refractivity contribution is 5.78. The number of hydrogen-bond donors (Lipinski definition) is 1. The number of nitrogens with zero attached hydrogens (tertiary/aromatic N) is 2. The predicted octanol–water partition coefficient (Wildman–Crippen LogP) is 2.38. The van der Waals surface area contributed by atoms with Gasteiger partial charge in [-0.15, -0.1) is 0 Å². The Hall–Kier alpha value is -0.770. The van der Waals surface area contributed by atoms with Crippen LogP contribution in [0.1, 0.15) is 53.9 Å². The standard InChI is InChI=1S/C15H29N3O/c1-14(2,3)19-12-9-11(15(12,4)5)17-13(16)18(6)10-7-8-10/h10-12H,7-9H2,1-6H3,(H2,16,17)/t11-,12+/m1/s1. The zero-order chi connectivity index (χ0) is 14.4. The van der Waals surface area contributed by atoms with E-state index in [1.807, 2.05) is 7.05 Å². The van der Waals surface area contributed by atoms with Crippen molar-refractivity contribution in [1.82, 2.24) is 4.90 Å². The maximum Gasteiger partial charge on any atom is 0.191 e. The Morgan fingerprint density at radius 2 is 1.89 bits per heavy atom. The number of nitrogens with two attached hydrogens (primary N) is 1. The van der Waals surface area contributed by atoms with Crippen molar-refractivity contribution in [2.75, 3.05) is 7.05 Å². The first-order valence-electron chi connectivity index (χ1n) is 7.35. The SMILES string of the molecule is CN(C(N)=N[C@@H]1C[C@H](OC(C)(C)C)C1(C)C)C1CC1. The summed E-state index contributed by atoms with van der Waals surface area (Å²) in [5, 5.41) is 0. The molecule has 110 valence electrons. The lowest BCUT2D eigenvalue weighted by Gasteiger charge is -2.51. The first kappa shape index (κ1) is 14.6. The van der Waals surface area contributed by atoms with Gasteiger partial charge in [0.2, 0.25) is 0 Å². The lowest BCUT2D eigenvalue weighted by molar-refractivity contribution is -0.166. The normalized spacial score (nSPS) is 30.9. The smallest absolute Gasteiger partial charge is 0.191 e. The topological polar surface area (TPSA) is 50.8 Å². The molecule has 4 heteroatoms. The first-order chi connectivity index (χ1) is 8.61. The van der Waals surface area contributed by atoms with Gasteiger partial charge in [-0.2, -0.15) is 0 Å². The highest BCUT2D eigenvalue weighted by atomic mass is 16.5. The monoisotopic (exact) mass is 267 g/mol. The van der Waals surface area contributed by atoms with Crippen molar-refractivity contribution >= 4 is 5.96 Å². The number of rotatable bonds is 3. The molecule has 2 fully saturated rings. The molecule has 0 aromatic carbocycles. The van der Waals surface area contributed by atoms with E-state index in [1.54, 1.807) is 0 Å². The Balaban J connectivity index is 1.95. The van der Waals surface area contributed by atoms with Crippen molar-refractivity contribution in [3.05, 3.63) is 0 Å². The minimum atomic E-state index is -0.0903. The Kier molecular flexibility index (Phi) is 3.58. The maximum atomic E-state index is 6.10. The average molecular weight is 267 g/mol. The van der Waals surface area contributed by atoms with Crippen LogP contribution in [0.15, 0.2) is 4.99 Å². The van der Waals surface area contributed by atoms with Crippen LogP contribution in [0, 0.1) is 5.41 Å². The van der Waals surface area contributed by atoms with Crippen molar-refractivity contribution < 1.29 is 4.74 Å². The van der Waals surface area contributed by atoms with Crippen molar-refractivity contribution in [1.29, 1.82) is 0 Å². The molecule has 2 aliphatic carbocycles. The van der Waals surface area contributed by atoms with E-state index >= 15 is 0 Å². The first-order valence-corrected chi connectivity index (χ1v) is 7.35. The van der Waals surface area contributed by atoms with Gasteiger partial charge < -0.3 is 15.4 Å². The van der Waals surface area contributed by atoms with Gasteiger partial charge >= 0.3 is 0 Å². The second kappa shape index (κ2) is 4.65. The summed E-state index contributed by atoms with van der Waals surface area (Å²) in [5.74, 6) is 0.690. The van der Waals surface area contributed by atoms with Crippen molar-refractivity contribution in [3.63, 3.8) is 0 Å². The molecular weight excluding hydrogens is 238 g/mol. The van der Waals surface area contributed by atoms with Crippen LogP contribution in [0.4, 0.5) is 0 Å². The van der Waals surface area contributed by atoms with Crippen LogP contribution >= 0.6 is 0 Å². The molecule has 19 heavy (non-hydrogen) atoms. The fourth-order valence-electron chi connectivity index (χ4n) is 2.61. The van der Waals surface area contributed by atoms with Crippen LogP contribution in [0.25, 0.3) is 0 Å². The Morgan fingerprint density at radius 1 is 1.32 bits per heavy atom. The summed E-state index contributed by atoms with van der Waals surface area (Å²) in [4.78, 5) is 6.84. The third-order valence-corrected chi connectivity index (χ3v) is 4.37. The maximum absolute atomic E-state index is 6.10. The second-order valence-electron chi connectivity index (χ2n) is 7.62. The highest BCUT2D eigenvalue weighted by Gasteiger charge is 2.50. The lowest BCUT2D eigenvalue weighted by Crippen LogP contribution is -2.56. The Bertz CT molecular complexity index is 366. The molecule has 0 unspecified atom stereocenters. The molecule has 4 nitrogen and oxygen atoms in total. The minimum Gasteiger partial charge on any atom is -0.372 e. The van der Waals surface area contributed by atoms with Crippen LogP contribution < -0.4 is 5.73 Å². The molecule has 0 aromatic rings. The molecular formula is C15H29N3O. The van der Waals surface area contributed by atoms with Crippen LogP contribution in [-0.2, 0) is 4.74 Å². The van der Waals surface area contributed by atoms with E-state index in [2.05, 4.69) is 39.5 Å².